The van der Waals surface area contributed by atoms with Crippen LogP contribution in [0.25, 0.3) is 0 Å². The number of ether oxygens (including phenoxy) is 1. The van der Waals surface area contributed by atoms with Crippen molar-refractivity contribution in [1.82, 2.24) is 15.2 Å². The molecule has 1 unspecified atom stereocenters. The quantitative estimate of drug-likeness (QED) is 0.778. The summed E-state index contributed by atoms with van der Waals surface area (Å²) in [5.74, 6) is 0.702. The summed E-state index contributed by atoms with van der Waals surface area (Å²) in [5.41, 5.74) is 3.97. The summed E-state index contributed by atoms with van der Waals surface area (Å²) in [6.07, 6.45) is 1.20. The fraction of sp³-hybridized carbons (Fsp3) is 0.526. The SMILES string of the molecule is CCOc1ccc(CN(Cc2scnc2C)CC2CCNC2)cc1F. The van der Waals surface area contributed by atoms with E-state index in [1.807, 2.05) is 18.5 Å². The lowest BCUT2D eigenvalue weighted by Gasteiger charge is -2.25. The molecule has 1 aliphatic rings. The van der Waals surface area contributed by atoms with E-state index in [4.69, 9.17) is 4.74 Å². The van der Waals surface area contributed by atoms with Crippen LogP contribution in [-0.2, 0) is 13.1 Å². The molecule has 0 spiro atoms. The van der Waals surface area contributed by atoms with Gasteiger partial charge in [-0.2, -0.15) is 0 Å². The van der Waals surface area contributed by atoms with Crippen molar-refractivity contribution in [3.05, 3.63) is 45.7 Å². The molecule has 4 nitrogen and oxygen atoms in total. The molecule has 1 aromatic heterocycles. The molecule has 0 radical (unpaired) electrons. The zero-order valence-corrected chi connectivity index (χ0v) is 15.7. The number of nitrogens with one attached hydrogen (secondary N) is 1. The first kappa shape index (κ1) is 18.3. The summed E-state index contributed by atoms with van der Waals surface area (Å²) < 4.78 is 19.5. The first-order valence-corrected chi connectivity index (χ1v) is 9.77. The molecule has 0 amide bonds. The number of aryl methyl sites for hydroxylation is 1. The third kappa shape index (κ3) is 5.00. The number of hydrogen-bond donors (Lipinski definition) is 1. The van der Waals surface area contributed by atoms with Crippen molar-refractivity contribution >= 4 is 11.3 Å². The van der Waals surface area contributed by atoms with Crippen molar-refractivity contribution in [2.45, 2.75) is 33.4 Å². The Labute approximate surface area is 153 Å². The molecular formula is C19H26FN3OS. The van der Waals surface area contributed by atoms with Gasteiger partial charge in [-0.25, -0.2) is 9.37 Å². The largest absolute Gasteiger partial charge is 0.491 e. The second-order valence-electron chi connectivity index (χ2n) is 6.59. The van der Waals surface area contributed by atoms with Gasteiger partial charge in [0.05, 0.1) is 17.8 Å². The van der Waals surface area contributed by atoms with Crippen LogP contribution in [-0.4, -0.2) is 36.1 Å². The van der Waals surface area contributed by atoms with E-state index in [1.54, 1.807) is 23.5 Å². The second-order valence-corrected chi connectivity index (χ2v) is 7.53. The van der Waals surface area contributed by atoms with E-state index in [2.05, 4.69) is 22.1 Å². The third-order valence-electron chi connectivity index (χ3n) is 4.59. The smallest absolute Gasteiger partial charge is 0.165 e. The van der Waals surface area contributed by atoms with Gasteiger partial charge in [-0.05, 0) is 57.0 Å². The van der Waals surface area contributed by atoms with Crippen LogP contribution in [0.3, 0.4) is 0 Å². The molecule has 1 fully saturated rings. The van der Waals surface area contributed by atoms with Crippen LogP contribution in [0.2, 0.25) is 0 Å². The Morgan fingerprint density at radius 1 is 1.40 bits per heavy atom. The molecule has 1 aromatic carbocycles. The minimum absolute atomic E-state index is 0.282. The normalized spacial score (nSPS) is 17.4. The molecule has 2 aromatic rings. The zero-order valence-electron chi connectivity index (χ0n) is 14.9. The zero-order chi connectivity index (χ0) is 17.6. The fourth-order valence-corrected chi connectivity index (χ4v) is 4.09. The lowest BCUT2D eigenvalue weighted by molar-refractivity contribution is 0.221. The van der Waals surface area contributed by atoms with Gasteiger partial charge >= 0.3 is 0 Å². The van der Waals surface area contributed by atoms with E-state index in [-0.39, 0.29) is 5.82 Å². The predicted octanol–water partition coefficient (Wildman–Crippen LogP) is 3.60. The van der Waals surface area contributed by atoms with E-state index in [0.717, 1.165) is 44.0 Å². The highest BCUT2D eigenvalue weighted by Gasteiger charge is 2.20. The van der Waals surface area contributed by atoms with Crippen LogP contribution in [0.5, 0.6) is 5.75 Å². The van der Waals surface area contributed by atoms with Gasteiger partial charge in [0.2, 0.25) is 0 Å². The van der Waals surface area contributed by atoms with Gasteiger partial charge in [-0.15, -0.1) is 11.3 Å². The van der Waals surface area contributed by atoms with E-state index in [9.17, 15) is 4.39 Å². The highest BCUT2D eigenvalue weighted by Crippen LogP contribution is 2.22. The number of rotatable bonds is 8. The first-order valence-electron chi connectivity index (χ1n) is 8.89. The van der Waals surface area contributed by atoms with Gasteiger partial charge in [0.1, 0.15) is 0 Å². The van der Waals surface area contributed by atoms with Crippen LogP contribution in [0, 0.1) is 18.7 Å². The van der Waals surface area contributed by atoms with Crippen molar-refractivity contribution < 1.29 is 9.13 Å². The Morgan fingerprint density at radius 3 is 2.92 bits per heavy atom. The van der Waals surface area contributed by atoms with Crippen LogP contribution < -0.4 is 10.1 Å². The van der Waals surface area contributed by atoms with Crippen LogP contribution in [0.15, 0.2) is 23.7 Å². The monoisotopic (exact) mass is 363 g/mol. The highest BCUT2D eigenvalue weighted by atomic mass is 32.1. The van der Waals surface area contributed by atoms with Gasteiger partial charge in [0, 0.05) is 24.5 Å². The molecule has 136 valence electrons. The molecule has 0 bridgehead atoms. The number of thiazole rings is 1. The lowest BCUT2D eigenvalue weighted by Crippen LogP contribution is -2.30. The molecule has 3 rings (SSSR count). The van der Waals surface area contributed by atoms with Crippen molar-refractivity contribution in [3.8, 4) is 5.75 Å². The predicted molar refractivity (Wildman–Crippen MR) is 99.5 cm³/mol. The van der Waals surface area contributed by atoms with Crippen molar-refractivity contribution in [3.63, 3.8) is 0 Å². The Morgan fingerprint density at radius 2 is 2.28 bits per heavy atom. The molecule has 0 aliphatic carbocycles. The third-order valence-corrected chi connectivity index (χ3v) is 5.51. The van der Waals surface area contributed by atoms with Gasteiger partial charge in [0.15, 0.2) is 11.6 Å². The average Bonchev–Trinajstić information content (AvgIpc) is 3.23. The maximum atomic E-state index is 14.2. The fourth-order valence-electron chi connectivity index (χ4n) is 3.27. The Bertz CT molecular complexity index is 685. The van der Waals surface area contributed by atoms with Crippen LogP contribution >= 0.6 is 11.3 Å². The number of hydrogen-bond acceptors (Lipinski definition) is 5. The number of halogens is 1. The lowest BCUT2D eigenvalue weighted by atomic mass is 10.1. The standard InChI is InChI=1S/C19H26FN3OS/c1-3-24-18-5-4-15(8-17(18)20)10-23(11-16-6-7-21-9-16)12-19-14(2)22-13-25-19/h4-5,8,13,16,21H,3,6-7,9-12H2,1-2H3. The first-order chi connectivity index (χ1) is 12.2. The van der Waals surface area contributed by atoms with E-state index in [0.29, 0.717) is 18.3 Å². The van der Waals surface area contributed by atoms with E-state index < -0.39 is 0 Å². The molecule has 25 heavy (non-hydrogen) atoms. The average molecular weight is 364 g/mol. The molecule has 1 atom stereocenters. The summed E-state index contributed by atoms with van der Waals surface area (Å²) >= 11 is 1.70. The van der Waals surface area contributed by atoms with Gasteiger partial charge < -0.3 is 10.1 Å². The molecule has 1 aliphatic heterocycles. The van der Waals surface area contributed by atoms with Crippen LogP contribution in [0.4, 0.5) is 4.39 Å². The minimum atomic E-state index is -0.282. The molecule has 6 heteroatoms. The molecule has 0 saturated carbocycles. The van der Waals surface area contributed by atoms with Gasteiger partial charge in [-0.3, -0.25) is 4.90 Å². The van der Waals surface area contributed by atoms with Gasteiger partial charge in [-0.1, -0.05) is 6.07 Å². The molecular weight excluding hydrogens is 337 g/mol. The highest BCUT2D eigenvalue weighted by molar-refractivity contribution is 7.09. The maximum absolute atomic E-state index is 14.2. The van der Waals surface area contributed by atoms with E-state index >= 15 is 0 Å². The maximum Gasteiger partial charge on any atom is 0.165 e. The number of benzene rings is 1. The molecule has 1 saturated heterocycles. The molecule has 2 heterocycles. The second kappa shape index (κ2) is 8.74. The Hall–Kier alpha value is -1.50. The van der Waals surface area contributed by atoms with Gasteiger partial charge in [0.25, 0.3) is 0 Å². The van der Waals surface area contributed by atoms with Crippen molar-refractivity contribution in [2.75, 3.05) is 26.2 Å². The number of aromatic nitrogens is 1. The summed E-state index contributed by atoms with van der Waals surface area (Å²) in [4.78, 5) is 8.06. The van der Waals surface area contributed by atoms with Crippen LogP contribution in [0.1, 0.15) is 29.5 Å². The number of nitrogens with zero attached hydrogens (tertiary/aromatic N) is 2. The Balaban J connectivity index is 1.71. The minimum Gasteiger partial charge on any atom is -0.491 e. The Kier molecular flexibility index (Phi) is 6.39. The topological polar surface area (TPSA) is 37.4 Å². The van der Waals surface area contributed by atoms with Crippen molar-refractivity contribution in [1.29, 1.82) is 0 Å². The summed E-state index contributed by atoms with van der Waals surface area (Å²) in [5, 5.41) is 3.43. The summed E-state index contributed by atoms with van der Waals surface area (Å²) in [6, 6.07) is 5.30. The summed E-state index contributed by atoms with van der Waals surface area (Å²) in [6.45, 7) is 9.16. The molecule has 1 N–H and O–H groups in total. The van der Waals surface area contributed by atoms with E-state index in [1.165, 1.54) is 11.3 Å². The van der Waals surface area contributed by atoms with Crippen molar-refractivity contribution in [2.24, 2.45) is 5.92 Å². The summed E-state index contributed by atoms with van der Waals surface area (Å²) in [7, 11) is 0.